The first-order chi connectivity index (χ1) is 6.20. The van der Waals surface area contributed by atoms with E-state index >= 15 is 0 Å². The topological polar surface area (TPSA) is 37.3 Å². The molecule has 0 unspecified atom stereocenters. The van der Waals surface area contributed by atoms with Crippen LogP contribution in [0.4, 0.5) is 0 Å². The molecular weight excluding hydrogens is 300 g/mol. The van der Waals surface area contributed by atoms with Gasteiger partial charge in [-0.15, -0.1) is 0 Å². The number of halogens is 2. The van der Waals surface area contributed by atoms with Gasteiger partial charge in [-0.25, -0.2) is 4.79 Å². The van der Waals surface area contributed by atoms with Gasteiger partial charge in [-0.1, -0.05) is 50.1 Å². The normalized spacial score (nSPS) is 10.0. The quantitative estimate of drug-likeness (QED) is 0.871. The molecule has 1 rings (SSSR count). The van der Waals surface area contributed by atoms with Crippen molar-refractivity contribution in [3.8, 4) is 0 Å². The predicted molar refractivity (Wildman–Crippen MR) is 58.7 cm³/mol. The van der Waals surface area contributed by atoms with Gasteiger partial charge in [-0.2, -0.15) is 0 Å². The van der Waals surface area contributed by atoms with E-state index in [4.69, 9.17) is 5.11 Å². The lowest BCUT2D eigenvalue weighted by Gasteiger charge is -2.06. The zero-order valence-corrected chi connectivity index (χ0v) is 9.93. The minimum Gasteiger partial charge on any atom is -0.478 e. The average molecular weight is 308 g/mol. The molecule has 4 heteroatoms. The summed E-state index contributed by atoms with van der Waals surface area (Å²) in [4.78, 5) is 10.9. The smallest absolute Gasteiger partial charge is 0.336 e. The molecule has 1 N–H and O–H groups in total. The summed E-state index contributed by atoms with van der Waals surface area (Å²) in [5, 5.41) is 10.1. The molecule has 0 amide bonds. The van der Waals surface area contributed by atoms with Crippen LogP contribution in [-0.2, 0) is 10.7 Å². The number of carbonyl (C=O) groups is 1. The van der Waals surface area contributed by atoms with Gasteiger partial charge in [-0.3, -0.25) is 0 Å². The van der Waals surface area contributed by atoms with E-state index in [9.17, 15) is 4.79 Å². The third-order valence-corrected chi connectivity index (χ3v) is 2.95. The van der Waals surface area contributed by atoms with E-state index in [0.717, 1.165) is 11.1 Å². The van der Waals surface area contributed by atoms with Crippen molar-refractivity contribution in [3.63, 3.8) is 0 Å². The molecule has 13 heavy (non-hydrogen) atoms. The van der Waals surface area contributed by atoms with E-state index in [0.29, 0.717) is 16.2 Å². The minimum atomic E-state index is -0.871. The van der Waals surface area contributed by atoms with Gasteiger partial charge >= 0.3 is 5.97 Å². The van der Waals surface area contributed by atoms with Crippen molar-refractivity contribution in [2.24, 2.45) is 0 Å². The Labute approximate surface area is 93.2 Å². The molecule has 70 valence electrons. The van der Waals surface area contributed by atoms with Gasteiger partial charge in [0.05, 0.1) is 5.56 Å². The fourth-order valence-electron chi connectivity index (χ4n) is 1.15. The molecule has 0 saturated carbocycles. The first kappa shape index (κ1) is 10.7. The Balaban J connectivity index is 3.29. The second kappa shape index (κ2) is 4.77. The molecule has 0 aliphatic heterocycles. The van der Waals surface area contributed by atoms with Crippen molar-refractivity contribution < 1.29 is 9.90 Å². The molecule has 2 nitrogen and oxygen atoms in total. The number of benzene rings is 1. The number of alkyl halides is 2. The third-order valence-electron chi connectivity index (χ3n) is 1.74. The van der Waals surface area contributed by atoms with Crippen LogP contribution in [0, 0.1) is 0 Å². The van der Waals surface area contributed by atoms with Crippen LogP contribution in [0.1, 0.15) is 21.5 Å². The number of rotatable bonds is 3. The van der Waals surface area contributed by atoms with Gasteiger partial charge in [0.15, 0.2) is 0 Å². The summed E-state index contributed by atoms with van der Waals surface area (Å²) in [5.41, 5.74) is 2.02. The van der Waals surface area contributed by atoms with Crippen LogP contribution < -0.4 is 0 Å². The van der Waals surface area contributed by atoms with E-state index in [1.54, 1.807) is 0 Å². The standard InChI is InChI=1S/C9H8Br2O2/c10-4-6-2-1-3-7(5-11)8(6)9(12)13/h1-3H,4-5H2,(H,12,13). The highest BCUT2D eigenvalue weighted by Gasteiger charge is 2.13. The molecule has 0 atom stereocenters. The van der Waals surface area contributed by atoms with Gasteiger partial charge in [0.2, 0.25) is 0 Å². The summed E-state index contributed by atoms with van der Waals surface area (Å²) < 4.78 is 0. The summed E-state index contributed by atoms with van der Waals surface area (Å²) in [5.74, 6) is -0.871. The van der Waals surface area contributed by atoms with Gasteiger partial charge in [0.1, 0.15) is 0 Å². The molecule has 0 spiro atoms. The summed E-state index contributed by atoms with van der Waals surface area (Å²) >= 11 is 6.52. The Bertz CT molecular complexity index is 301. The highest BCUT2D eigenvalue weighted by atomic mass is 79.9. The van der Waals surface area contributed by atoms with Crippen molar-refractivity contribution in [2.45, 2.75) is 10.7 Å². The van der Waals surface area contributed by atoms with Crippen molar-refractivity contribution in [2.75, 3.05) is 0 Å². The monoisotopic (exact) mass is 306 g/mol. The number of aromatic carboxylic acids is 1. The molecule has 0 aromatic heterocycles. The zero-order chi connectivity index (χ0) is 9.84. The SMILES string of the molecule is O=C(O)c1c(CBr)cccc1CBr. The maximum absolute atomic E-state index is 10.9. The molecule has 0 fully saturated rings. The summed E-state index contributed by atoms with van der Waals surface area (Å²) in [6, 6.07) is 5.48. The average Bonchev–Trinajstić information content (AvgIpc) is 2.16. The van der Waals surface area contributed by atoms with Crippen LogP contribution in [0.3, 0.4) is 0 Å². The maximum atomic E-state index is 10.9. The van der Waals surface area contributed by atoms with E-state index in [1.165, 1.54) is 0 Å². The first-order valence-electron chi connectivity index (χ1n) is 3.66. The van der Waals surface area contributed by atoms with E-state index in [2.05, 4.69) is 31.9 Å². The lowest BCUT2D eigenvalue weighted by Crippen LogP contribution is -2.05. The van der Waals surface area contributed by atoms with Crippen LogP contribution in [-0.4, -0.2) is 11.1 Å². The van der Waals surface area contributed by atoms with Crippen LogP contribution in [0.5, 0.6) is 0 Å². The second-order valence-electron chi connectivity index (χ2n) is 2.52. The Morgan fingerprint density at radius 3 is 2.00 bits per heavy atom. The van der Waals surface area contributed by atoms with Gasteiger partial charge in [0, 0.05) is 10.7 Å². The second-order valence-corrected chi connectivity index (χ2v) is 3.65. The molecule has 0 saturated heterocycles. The van der Waals surface area contributed by atoms with Crippen molar-refractivity contribution in [3.05, 3.63) is 34.9 Å². The lowest BCUT2D eigenvalue weighted by atomic mass is 10.0. The minimum absolute atomic E-state index is 0.399. The highest BCUT2D eigenvalue weighted by Crippen LogP contribution is 2.19. The van der Waals surface area contributed by atoms with Crippen molar-refractivity contribution in [1.82, 2.24) is 0 Å². The Morgan fingerprint density at radius 2 is 1.69 bits per heavy atom. The first-order valence-corrected chi connectivity index (χ1v) is 5.91. The zero-order valence-electron chi connectivity index (χ0n) is 6.76. The molecule has 1 aromatic rings. The van der Waals surface area contributed by atoms with Crippen LogP contribution in [0.25, 0.3) is 0 Å². The van der Waals surface area contributed by atoms with Crippen molar-refractivity contribution >= 4 is 37.8 Å². The Kier molecular flexibility index (Phi) is 3.93. The number of hydrogen-bond donors (Lipinski definition) is 1. The van der Waals surface area contributed by atoms with E-state index in [-0.39, 0.29) is 0 Å². The van der Waals surface area contributed by atoms with Crippen LogP contribution in [0.15, 0.2) is 18.2 Å². The molecule has 0 aliphatic rings. The highest BCUT2D eigenvalue weighted by molar-refractivity contribution is 9.08. The summed E-state index contributed by atoms with van der Waals surface area (Å²) in [6.07, 6.45) is 0. The van der Waals surface area contributed by atoms with Gasteiger partial charge in [-0.05, 0) is 11.1 Å². The lowest BCUT2D eigenvalue weighted by molar-refractivity contribution is 0.0695. The predicted octanol–water partition coefficient (Wildman–Crippen LogP) is 3.17. The maximum Gasteiger partial charge on any atom is 0.336 e. The molecule has 0 radical (unpaired) electrons. The molecular formula is C9H8Br2O2. The third kappa shape index (κ3) is 2.31. The fraction of sp³-hybridized carbons (Fsp3) is 0.222. The molecule has 0 aliphatic carbocycles. The number of carboxylic acid groups (broad SMARTS) is 1. The van der Waals surface area contributed by atoms with Crippen LogP contribution in [0.2, 0.25) is 0 Å². The number of carboxylic acids is 1. The van der Waals surface area contributed by atoms with E-state index < -0.39 is 5.97 Å². The molecule has 1 aromatic carbocycles. The summed E-state index contributed by atoms with van der Waals surface area (Å²) in [6.45, 7) is 0. The fourth-order valence-corrected chi connectivity index (χ4v) is 2.09. The molecule has 0 bridgehead atoms. The van der Waals surface area contributed by atoms with Crippen LogP contribution >= 0.6 is 31.9 Å². The van der Waals surface area contributed by atoms with Crippen molar-refractivity contribution in [1.29, 1.82) is 0 Å². The molecule has 0 heterocycles. The number of hydrogen-bond acceptors (Lipinski definition) is 1. The van der Waals surface area contributed by atoms with E-state index in [1.807, 2.05) is 18.2 Å². The van der Waals surface area contributed by atoms with Gasteiger partial charge in [0.25, 0.3) is 0 Å². The Hall–Kier alpha value is -0.350. The largest absolute Gasteiger partial charge is 0.478 e. The summed E-state index contributed by atoms with van der Waals surface area (Å²) in [7, 11) is 0. The Morgan fingerprint density at radius 1 is 1.23 bits per heavy atom. The van der Waals surface area contributed by atoms with Gasteiger partial charge < -0.3 is 5.11 Å².